The first-order chi connectivity index (χ1) is 16.3. The zero-order valence-corrected chi connectivity index (χ0v) is 18.6. The number of pyridine rings is 1. The van der Waals surface area contributed by atoms with Crippen LogP contribution in [0, 0.1) is 0 Å². The van der Waals surface area contributed by atoms with E-state index >= 15 is 0 Å². The van der Waals surface area contributed by atoms with E-state index in [-0.39, 0.29) is 0 Å². The van der Waals surface area contributed by atoms with Crippen LogP contribution < -0.4 is 0 Å². The van der Waals surface area contributed by atoms with E-state index in [1.165, 1.54) is 58.6 Å². The van der Waals surface area contributed by atoms with Crippen LogP contribution in [0.5, 0.6) is 0 Å². The van der Waals surface area contributed by atoms with Gasteiger partial charge in [0.25, 0.3) is 0 Å². The summed E-state index contributed by atoms with van der Waals surface area (Å²) in [7, 11) is 0. The Hall–Kier alpha value is -4.01. The molecule has 0 saturated heterocycles. The van der Waals surface area contributed by atoms with E-state index in [9.17, 15) is 0 Å². The second-order valence-corrected chi connectivity index (χ2v) is 9.52. The van der Waals surface area contributed by atoms with E-state index in [0.717, 1.165) is 5.52 Å². The first kappa shape index (κ1) is 18.6. The smallest absolute Gasteiger partial charge is 0.0786 e. The average Bonchev–Trinajstić information content (AvgIpc) is 3.26. The van der Waals surface area contributed by atoms with E-state index in [2.05, 4.69) is 103 Å². The van der Waals surface area contributed by atoms with Crippen LogP contribution in [0.4, 0.5) is 0 Å². The summed E-state index contributed by atoms with van der Waals surface area (Å²) in [4.78, 5) is 4.73. The lowest BCUT2D eigenvalue weighted by Crippen LogP contribution is -1.87. The predicted octanol–water partition coefficient (Wildman–Crippen LogP) is 9.09. The molecule has 0 unspecified atom stereocenters. The highest BCUT2D eigenvalue weighted by atomic mass is 32.1. The van der Waals surface area contributed by atoms with E-state index in [1.807, 2.05) is 23.6 Å². The molecule has 7 aromatic rings. The van der Waals surface area contributed by atoms with Crippen molar-refractivity contribution >= 4 is 53.2 Å². The summed E-state index contributed by atoms with van der Waals surface area (Å²) in [5.74, 6) is 0. The molecule has 0 N–H and O–H groups in total. The van der Waals surface area contributed by atoms with E-state index in [4.69, 9.17) is 4.98 Å². The van der Waals surface area contributed by atoms with Crippen LogP contribution in [-0.4, -0.2) is 4.98 Å². The minimum absolute atomic E-state index is 1.06. The van der Waals surface area contributed by atoms with Gasteiger partial charge in [0.05, 0.1) is 5.52 Å². The van der Waals surface area contributed by atoms with Gasteiger partial charge in [-0.1, -0.05) is 78.9 Å². The summed E-state index contributed by atoms with van der Waals surface area (Å²) in [6, 6.07) is 39.4. The molecule has 1 nitrogen and oxygen atoms in total. The van der Waals surface area contributed by atoms with Gasteiger partial charge in [0.2, 0.25) is 0 Å². The van der Waals surface area contributed by atoms with Crippen LogP contribution in [0.3, 0.4) is 0 Å². The lowest BCUT2D eigenvalue weighted by atomic mass is 9.93. The Morgan fingerprint density at radius 1 is 0.515 bits per heavy atom. The van der Waals surface area contributed by atoms with Crippen molar-refractivity contribution in [3.05, 3.63) is 115 Å². The van der Waals surface area contributed by atoms with Crippen molar-refractivity contribution in [2.24, 2.45) is 0 Å². The summed E-state index contributed by atoms with van der Waals surface area (Å²) >= 11 is 1.86. The minimum atomic E-state index is 1.06. The van der Waals surface area contributed by atoms with Crippen molar-refractivity contribution in [3.63, 3.8) is 0 Å². The molecule has 0 aliphatic rings. The third-order valence-electron chi connectivity index (χ3n) is 6.50. The molecule has 7 rings (SSSR count). The molecular weight excluding hydrogens is 418 g/mol. The molecule has 0 atom stereocenters. The maximum absolute atomic E-state index is 4.73. The topological polar surface area (TPSA) is 12.9 Å². The fourth-order valence-electron chi connectivity index (χ4n) is 4.93. The molecule has 2 heterocycles. The highest BCUT2D eigenvalue weighted by Gasteiger charge is 2.11. The maximum Gasteiger partial charge on any atom is 0.0786 e. The van der Waals surface area contributed by atoms with Gasteiger partial charge in [-0.05, 0) is 58.0 Å². The number of fused-ring (bicyclic) bond motifs is 6. The normalized spacial score (nSPS) is 11.6. The predicted molar refractivity (Wildman–Crippen MR) is 143 cm³/mol. The lowest BCUT2D eigenvalue weighted by Gasteiger charge is -2.11. The second kappa shape index (κ2) is 7.26. The van der Waals surface area contributed by atoms with E-state index in [1.54, 1.807) is 0 Å². The molecule has 0 spiro atoms. The van der Waals surface area contributed by atoms with Gasteiger partial charge >= 0.3 is 0 Å². The van der Waals surface area contributed by atoms with Crippen molar-refractivity contribution in [1.82, 2.24) is 4.98 Å². The van der Waals surface area contributed by atoms with Crippen LogP contribution in [0.2, 0.25) is 0 Å². The Kier molecular flexibility index (Phi) is 4.08. The summed E-state index contributed by atoms with van der Waals surface area (Å²) in [6.07, 6.45) is 1.88. The molecule has 2 heteroatoms. The molecule has 0 aliphatic carbocycles. The van der Waals surface area contributed by atoms with Crippen LogP contribution in [0.15, 0.2) is 115 Å². The van der Waals surface area contributed by atoms with Crippen LogP contribution >= 0.6 is 11.3 Å². The molecule has 154 valence electrons. The van der Waals surface area contributed by atoms with Crippen molar-refractivity contribution in [3.8, 4) is 22.3 Å². The number of rotatable bonds is 2. The van der Waals surface area contributed by atoms with Gasteiger partial charge in [-0.25, -0.2) is 0 Å². The zero-order chi connectivity index (χ0) is 21.8. The van der Waals surface area contributed by atoms with Crippen molar-refractivity contribution < 1.29 is 0 Å². The fourth-order valence-corrected chi connectivity index (χ4v) is 6.01. The number of hydrogen-bond acceptors (Lipinski definition) is 2. The summed E-state index contributed by atoms with van der Waals surface area (Å²) in [5, 5.41) is 6.27. The third-order valence-corrected chi connectivity index (χ3v) is 7.65. The Labute approximate surface area is 195 Å². The Balaban J connectivity index is 1.44. The van der Waals surface area contributed by atoms with Crippen LogP contribution in [0.1, 0.15) is 0 Å². The maximum atomic E-state index is 4.73. The molecule has 0 fully saturated rings. The zero-order valence-electron chi connectivity index (χ0n) is 17.8. The number of thiophene rings is 1. The molecule has 0 saturated carbocycles. The highest BCUT2D eigenvalue weighted by molar-refractivity contribution is 7.25. The number of aromatic nitrogens is 1. The van der Waals surface area contributed by atoms with Crippen LogP contribution in [0.25, 0.3) is 64.1 Å². The fraction of sp³-hybridized carbons (Fsp3) is 0. The Morgan fingerprint density at radius 3 is 2.30 bits per heavy atom. The summed E-state index contributed by atoms with van der Waals surface area (Å²) in [5.41, 5.74) is 5.97. The third kappa shape index (κ3) is 2.95. The van der Waals surface area contributed by atoms with Crippen LogP contribution in [-0.2, 0) is 0 Å². The average molecular weight is 438 g/mol. The Morgan fingerprint density at radius 2 is 1.30 bits per heavy atom. The van der Waals surface area contributed by atoms with Gasteiger partial charge in [0.15, 0.2) is 0 Å². The van der Waals surface area contributed by atoms with Gasteiger partial charge in [-0.2, -0.15) is 0 Å². The SMILES string of the molecule is c1cc(-c2ccc3sc4ccccc4c3c2)cc(-c2cccc3ccc4cccnc4c23)c1. The largest absolute Gasteiger partial charge is 0.256 e. The number of benzene rings is 5. The first-order valence-corrected chi connectivity index (χ1v) is 12.0. The van der Waals surface area contributed by atoms with Gasteiger partial charge in [-0.15, -0.1) is 11.3 Å². The summed E-state index contributed by atoms with van der Waals surface area (Å²) in [6.45, 7) is 0. The molecule has 33 heavy (non-hydrogen) atoms. The first-order valence-electron chi connectivity index (χ1n) is 11.1. The van der Waals surface area contributed by atoms with E-state index < -0.39 is 0 Å². The molecule has 0 bridgehead atoms. The second-order valence-electron chi connectivity index (χ2n) is 8.43. The highest BCUT2D eigenvalue weighted by Crippen LogP contribution is 2.38. The molecule has 5 aromatic carbocycles. The molecule has 0 radical (unpaired) electrons. The van der Waals surface area contributed by atoms with Crippen molar-refractivity contribution in [2.45, 2.75) is 0 Å². The molecular formula is C31H19NS. The van der Waals surface area contributed by atoms with Gasteiger partial charge < -0.3 is 0 Å². The quantitative estimate of drug-likeness (QED) is 0.246. The lowest BCUT2D eigenvalue weighted by molar-refractivity contribution is 1.43. The summed E-state index contributed by atoms with van der Waals surface area (Å²) < 4.78 is 2.68. The number of nitrogens with zero attached hydrogens (tertiary/aromatic N) is 1. The minimum Gasteiger partial charge on any atom is -0.256 e. The Bertz CT molecular complexity index is 1830. The van der Waals surface area contributed by atoms with Crippen molar-refractivity contribution in [1.29, 1.82) is 0 Å². The van der Waals surface area contributed by atoms with E-state index in [0.29, 0.717) is 0 Å². The number of hydrogen-bond donors (Lipinski definition) is 0. The van der Waals surface area contributed by atoms with Gasteiger partial charge in [-0.3, -0.25) is 4.98 Å². The van der Waals surface area contributed by atoms with Gasteiger partial charge in [0.1, 0.15) is 0 Å². The molecule has 0 amide bonds. The molecule has 2 aromatic heterocycles. The monoisotopic (exact) mass is 437 g/mol. The van der Waals surface area contributed by atoms with Gasteiger partial charge in [0, 0.05) is 37.1 Å². The molecule has 0 aliphatic heterocycles. The standard InChI is InChI=1S/C31H19NS/c1-2-12-28-26(10-1)27-19-23(15-16-29(27)33-28)22-7-3-8-24(18-22)25-11-4-6-20-13-14-21-9-5-17-32-31(21)30(20)25/h1-19H. The van der Waals surface area contributed by atoms with Crippen molar-refractivity contribution in [2.75, 3.05) is 0 Å².